The Kier molecular flexibility index (Phi) is 5.76. The highest BCUT2D eigenvalue weighted by Crippen LogP contribution is 2.14. The van der Waals surface area contributed by atoms with E-state index in [0.717, 1.165) is 0 Å². The lowest BCUT2D eigenvalue weighted by Gasteiger charge is -2.37. The van der Waals surface area contributed by atoms with Crippen LogP contribution in [0.1, 0.15) is 27.7 Å². The van der Waals surface area contributed by atoms with Crippen LogP contribution in [-0.2, 0) is 14.3 Å². The first-order valence-corrected chi connectivity index (χ1v) is 6.74. The van der Waals surface area contributed by atoms with Gasteiger partial charge in [-0.05, 0) is 27.7 Å². The Morgan fingerprint density at radius 2 is 2.15 bits per heavy atom. The minimum absolute atomic E-state index is 0.222. The molecule has 0 bridgehead atoms. The molecule has 116 valence electrons. The summed E-state index contributed by atoms with van der Waals surface area (Å²) in [5.74, 6) is -0.925. The third-order valence-electron chi connectivity index (χ3n) is 2.89. The van der Waals surface area contributed by atoms with Crippen LogP contribution in [0.4, 0.5) is 4.79 Å². The molecule has 1 heterocycles. The minimum atomic E-state index is -0.925. The second-order valence-corrected chi connectivity index (χ2v) is 5.87. The van der Waals surface area contributed by atoms with Crippen molar-refractivity contribution in [3.8, 4) is 0 Å². The van der Waals surface area contributed by atoms with E-state index in [1.165, 1.54) is 0 Å². The number of nitrogens with one attached hydrogen (secondary N) is 1. The number of carboxylic acid groups (broad SMARTS) is 1. The van der Waals surface area contributed by atoms with E-state index in [1.54, 1.807) is 11.8 Å². The maximum atomic E-state index is 12.1. The highest BCUT2D eigenvalue weighted by molar-refractivity contribution is 5.72. The monoisotopic (exact) mass is 288 g/mol. The third-order valence-corrected chi connectivity index (χ3v) is 2.89. The van der Waals surface area contributed by atoms with Crippen molar-refractivity contribution in [1.29, 1.82) is 0 Å². The number of hydrogen-bond donors (Lipinski definition) is 2. The van der Waals surface area contributed by atoms with Crippen LogP contribution in [0.5, 0.6) is 0 Å². The minimum Gasteiger partial charge on any atom is -0.480 e. The van der Waals surface area contributed by atoms with E-state index in [9.17, 15) is 9.59 Å². The number of aliphatic carboxylic acids is 1. The van der Waals surface area contributed by atoms with Gasteiger partial charge in [0.25, 0.3) is 0 Å². The van der Waals surface area contributed by atoms with Gasteiger partial charge in [0, 0.05) is 13.1 Å². The molecule has 1 fully saturated rings. The van der Waals surface area contributed by atoms with Gasteiger partial charge in [0.05, 0.1) is 19.3 Å². The molecular formula is C13H24N2O5. The van der Waals surface area contributed by atoms with Gasteiger partial charge >= 0.3 is 12.1 Å². The standard InChI is InChI=1S/C13H24N2O5/c1-9(11(16)17)14-7-10-8-19-6-5-15(10)12(18)20-13(2,3)4/h9-10,14H,5-8H2,1-4H3,(H,16,17). The average molecular weight is 288 g/mol. The van der Waals surface area contributed by atoms with Crippen molar-refractivity contribution >= 4 is 12.1 Å². The molecule has 0 aromatic carbocycles. The molecule has 2 unspecified atom stereocenters. The molecule has 0 aliphatic carbocycles. The van der Waals surface area contributed by atoms with Crippen LogP contribution in [0.3, 0.4) is 0 Å². The molecule has 0 spiro atoms. The molecule has 2 atom stereocenters. The van der Waals surface area contributed by atoms with Crippen LogP contribution in [0.25, 0.3) is 0 Å². The van der Waals surface area contributed by atoms with E-state index in [2.05, 4.69) is 5.32 Å². The Morgan fingerprint density at radius 3 is 2.70 bits per heavy atom. The molecule has 2 N–H and O–H groups in total. The van der Waals surface area contributed by atoms with Crippen molar-refractivity contribution in [2.24, 2.45) is 0 Å². The molecule has 7 heteroatoms. The van der Waals surface area contributed by atoms with Gasteiger partial charge in [0.2, 0.25) is 0 Å². The molecule has 0 saturated carbocycles. The van der Waals surface area contributed by atoms with Crippen LogP contribution < -0.4 is 5.32 Å². The fourth-order valence-electron chi connectivity index (χ4n) is 1.78. The molecule has 0 radical (unpaired) electrons. The Bertz CT molecular complexity index is 353. The summed E-state index contributed by atoms with van der Waals surface area (Å²) in [6, 6.07) is -0.891. The van der Waals surface area contributed by atoms with Crippen LogP contribution >= 0.6 is 0 Å². The highest BCUT2D eigenvalue weighted by atomic mass is 16.6. The van der Waals surface area contributed by atoms with Crippen molar-refractivity contribution in [2.45, 2.75) is 45.4 Å². The van der Waals surface area contributed by atoms with Crippen molar-refractivity contribution in [1.82, 2.24) is 10.2 Å². The Balaban J connectivity index is 2.58. The molecule has 7 nitrogen and oxygen atoms in total. The SMILES string of the molecule is CC(NCC1COCCN1C(=O)OC(C)(C)C)C(=O)O. The Hall–Kier alpha value is -1.34. The zero-order valence-corrected chi connectivity index (χ0v) is 12.5. The average Bonchev–Trinajstić information content (AvgIpc) is 2.34. The van der Waals surface area contributed by atoms with Crippen LogP contribution in [-0.4, -0.2) is 66.1 Å². The van der Waals surface area contributed by atoms with Gasteiger partial charge in [-0.1, -0.05) is 0 Å². The number of carbonyl (C=O) groups is 2. The second kappa shape index (κ2) is 6.90. The fourth-order valence-corrected chi connectivity index (χ4v) is 1.78. The van der Waals surface area contributed by atoms with E-state index >= 15 is 0 Å². The number of rotatable bonds is 4. The molecule has 1 aliphatic heterocycles. The summed E-state index contributed by atoms with van der Waals surface area (Å²) in [6.07, 6.45) is -0.393. The fraction of sp³-hybridized carbons (Fsp3) is 0.846. The summed E-state index contributed by atoms with van der Waals surface area (Å²) in [4.78, 5) is 24.5. The molecule has 0 aromatic rings. The van der Waals surface area contributed by atoms with Gasteiger partial charge in [0.1, 0.15) is 11.6 Å². The summed E-state index contributed by atoms with van der Waals surface area (Å²) >= 11 is 0. The van der Waals surface area contributed by atoms with Gasteiger partial charge in [-0.2, -0.15) is 0 Å². The molecular weight excluding hydrogens is 264 g/mol. The molecule has 1 amide bonds. The van der Waals surface area contributed by atoms with E-state index in [4.69, 9.17) is 14.6 Å². The van der Waals surface area contributed by atoms with E-state index in [-0.39, 0.29) is 6.04 Å². The maximum absolute atomic E-state index is 12.1. The van der Waals surface area contributed by atoms with Crippen molar-refractivity contribution < 1.29 is 24.2 Å². The number of amides is 1. The Morgan fingerprint density at radius 1 is 1.50 bits per heavy atom. The molecule has 1 rings (SSSR count). The lowest BCUT2D eigenvalue weighted by Crippen LogP contribution is -2.55. The summed E-state index contributed by atoms with van der Waals surface area (Å²) < 4.78 is 10.7. The summed E-state index contributed by atoms with van der Waals surface area (Å²) in [5, 5.41) is 11.7. The summed E-state index contributed by atoms with van der Waals surface area (Å²) in [5.41, 5.74) is -0.554. The first kappa shape index (κ1) is 16.7. The van der Waals surface area contributed by atoms with Gasteiger partial charge in [-0.25, -0.2) is 4.79 Å². The maximum Gasteiger partial charge on any atom is 0.410 e. The lowest BCUT2D eigenvalue weighted by molar-refractivity contribution is -0.139. The molecule has 20 heavy (non-hydrogen) atoms. The third kappa shape index (κ3) is 5.34. The van der Waals surface area contributed by atoms with Crippen molar-refractivity contribution in [2.75, 3.05) is 26.3 Å². The Labute approximate surface area is 119 Å². The van der Waals surface area contributed by atoms with Gasteiger partial charge in [0.15, 0.2) is 0 Å². The molecule has 1 saturated heterocycles. The topological polar surface area (TPSA) is 88.1 Å². The van der Waals surface area contributed by atoms with Crippen molar-refractivity contribution in [3.05, 3.63) is 0 Å². The number of nitrogens with zero attached hydrogens (tertiary/aromatic N) is 1. The molecule has 1 aliphatic rings. The first-order chi connectivity index (χ1) is 9.20. The zero-order valence-electron chi connectivity index (χ0n) is 12.5. The largest absolute Gasteiger partial charge is 0.480 e. The van der Waals surface area contributed by atoms with Crippen LogP contribution in [0.15, 0.2) is 0 Å². The predicted octanol–water partition coefficient (Wildman–Crippen LogP) is 0.685. The zero-order chi connectivity index (χ0) is 15.3. The summed E-state index contributed by atoms with van der Waals surface area (Å²) in [7, 11) is 0. The van der Waals surface area contributed by atoms with Gasteiger partial charge < -0.3 is 19.9 Å². The normalized spacial score (nSPS) is 21.4. The van der Waals surface area contributed by atoms with Gasteiger partial charge in [-0.3, -0.25) is 9.69 Å². The molecule has 0 aromatic heterocycles. The van der Waals surface area contributed by atoms with Crippen LogP contribution in [0.2, 0.25) is 0 Å². The highest BCUT2D eigenvalue weighted by Gasteiger charge is 2.31. The van der Waals surface area contributed by atoms with Gasteiger partial charge in [-0.15, -0.1) is 0 Å². The first-order valence-electron chi connectivity index (χ1n) is 6.74. The summed E-state index contributed by atoms with van der Waals surface area (Å²) in [6.45, 7) is 8.63. The number of morpholine rings is 1. The number of carboxylic acids is 1. The van der Waals surface area contributed by atoms with E-state index < -0.39 is 23.7 Å². The van der Waals surface area contributed by atoms with Crippen molar-refractivity contribution in [3.63, 3.8) is 0 Å². The second-order valence-electron chi connectivity index (χ2n) is 5.87. The van der Waals surface area contributed by atoms with E-state index in [1.807, 2.05) is 20.8 Å². The number of carbonyl (C=O) groups excluding carboxylic acids is 1. The van der Waals surface area contributed by atoms with E-state index in [0.29, 0.717) is 26.3 Å². The smallest absolute Gasteiger partial charge is 0.410 e. The lowest BCUT2D eigenvalue weighted by atomic mass is 10.2. The van der Waals surface area contributed by atoms with Crippen LogP contribution in [0, 0.1) is 0 Å². The quantitative estimate of drug-likeness (QED) is 0.791. The number of ether oxygens (including phenoxy) is 2. The predicted molar refractivity (Wildman–Crippen MR) is 72.6 cm³/mol. The number of hydrogen-bond acceptors (Lipinski definition) is 5.